The van der Waals surface area contributed by atoms with E-state index in [4.69, 9.17) is 35.2 Å². The first-order valence-electron chi connectivity index (χ1n) is 16.5. The van der Waals surface area contributed by atoms with Gasteiger partial charge in [-0.05, 0) is 66.6 Å². The van der Waals surface area contributed by atoms with Crippen LogP contribution in [0.5, 0.6) is 23.3 Å². The fourth-order valence-corrected chi connectivity index (χ4v) is 5.48. The number of ether oxygens (including phenoxy) is 5. The van der Waals surface area contributed by atoms with E-state index in [1.54, 1.807) is 54.0 Å². The van der Waals surface area contributed by atoms with Gasteiger partial charge < -0.3 is 40.1 Å². The number of nitrogens with two attached hydrogens (primary N) is 2. The predicted molar refractivity (Wildman–Crippen MR) is 205 cm³/mol. The molecule has 0 unspecified atom stereocenters. The number of carbonyl (C=O) groups excluding carboxylic acids is 1. The number of fused-ring (bicyclic) bond motifs is 7. The van der Waals surface area contributed by atoms with Gasteiger partial charge in [0.1, 0.15) is 49.1 Å². The van der Waals surface area contributed by atoms with E-state index in [0.717, 1.165) is 16.2 Å². The van der Waals surface area contributed by atoms with Gasteiger partial charge in [-0.2, -0.15) is 9.97 Å². The Labute approximate surface area is 314 Å². The van der Waals surface area contributed by atoms with Gasteiger partial charge >= 0.3 is 17.5 Å². The van der Waals surface area contributed by atoms with Crippen LogP contribution in [0.2, 0.25) is 0 Å². The number of imidazole rings is 1. The van der Waals surface area contributed by atoms with E-state index >= 15 is 0 Å². The Hall–Kier alpha value is -7.11. The largest absolute Gasteiger partial charge is 0.490 e. The molecule has 7 rings (SSSR count). The summed E-state index contributed by atoms with van der Waals surface area (Å²) in [7, 11) is 0. The Morgan fingerprint density at radius 3 is 1.98 bits per heavy atom. The fourth-order valence-electron chi connectivity index (χ4n) is 5.48. The maximum absolute atomic E-state index is 12.7. The van der Waals surface area contributed by atoms with E-state index in [1.807, 2.05) is 36.4 Å². The highest BCUT2D eigenvalue weighted by molar-refractivity contribution is 5.93. The number of halogens is 1. The minimum Gasteiger partial charge on any atom is -0.490 e. The summed E-state index contributed by atoms with van der Waals surface area (Å²) in [5.74, 6) is 1.66. The number of rotatable bonds is 2. The van der Waals surface area contributed by atoms with Crippen LogP contribution in [0.4, 0.5) is 32.5 Å². The van der Waals surface area contributed by atoms with Crippen molar-refractivity contribution in [1.82, 2.24) is 19.5 Å². The Balaban J connectivity index is 0.000000239. The molecule has 5 N–H and O–H groups in total. The lowest BCUT2D eigenvalue weighted by atomic mass is 10.2. The van der Waals surface area contributed by atoms with E-state index in [1.165, 1.54) is 6.07 Å². The monoisotopic (exact) mass is 760 g/mol. The first-order valence-corrected chi connectivity index (χ1v) is 16.5. The molecular weight excluding hydrogens is 719 g/mol. The van der Waals surface area contributed by atoms with Crippen molar-refractivity contribution in [3.8, 4) is 23.3 Å². The summed E-state index contributed by atoms with van der Waals surface area (Å²) in [4.78, 5) is 48.0. The molecule has 17 nitrogen and oxygen atoms in total. The molecular formula is C37H41FN8O9. The molecule has 2 aromatic carbocycles. The molecule has 0 fully saturated rings. The van der Waals surface area contributed by atoms with Crippen LogP contribution in [0.1, 0.15) is 25.5 Å². The quantitative estimate of drug-likeness (QED) is 0.114. The molecule has 2 aliphatic rings. The number of hydrogen-bond donors (Lipinski definition) is 3. The fraction of sp³-hybridized carbons (Fsp3) is 0.243. The van der Waals surface area contributed by atoms with Gasteiger partial charge in [0, 0.05) is 12.1 Å². The number of aromatic amines is 1. The van der Waals surface area contributed by atoms with E-state index in [9.17, 15) is 19.7 Å². The highest BCUT2D eigenvalue weighted by Gasteiger charge is 2.30. The van der Waals surface area contributed by atoms with Crippen molar-refractivity contribution in [2.24, 2.45) is 0 Å². The lowest BCUT2D eigenvalue weighted by Gasteiger charge is -2.23. The second-order valence-corrected chi connectivity index (χ2v) is 11.5. The zero-order chi connectivity index (χ0) is 37.3. The number of benzene rings is 2. The van der Waals surface area contributed by atoms with E-state index in [0.29, 0.717) is 54.6 Å². The third-order valence-electron chi connectivity index (χ3n) is 7.87. The molecule has 5 heterocycles. The molecule has 0 atom stereocenters. The van der Waals surface area contributed by atoms with Crippen molar-refractivity contribution in [2.45, 2.75) is 27.4 Å². The number of nitro groups is 1. The summed E-state index contributed by atoms with van der Waals surface area (Å²) in [5.41, 5.74) is 13.8. The van der Waals surface area contributed by atoms with Crippen molar-refractivity contribution in [1.29, 1.82) is 0 Å². The molecule has 0 saturated heterocycles. The molecule has 55 heavy (non-hydrogen) atoms. The molecule has 290 valence electrons. The Kier molecular flexibility index (Phi) is 13.7. The maximum atomic E-state index is 12.7. The van der Waals surface area contributed by atoms with Crippen molar-refractivity contribution in [2.75, 3.05) is 49.4 Å². The molecule has 5 aromatic rings. The maximum Gasteiger partial charge on any atom is 0.414 e. The molecule has 0 aliphatic carbocycles. The Morgan fingerprint density at radius 1 is 0.855 bits per heavy atom. The number of hydrogen-bond acceptors (Lipinski definition) is 13. The first-order chi connectivity index (χ1) is 25.7. The molecule has 2 aliphatic heterocycles. The number of nitrogen functional groups attached to an aromatic ring is 2. The number of amides is 1. The molecule has 8 bridgehead atoms. The number of anilines is 3. The summed E-state index contributed by atoms with van der Waals surface area (Å²) >= 11 is 0. The number of aromatic nitrogens is 4. The van der Waals surface area contributed by atoms with Crippen LogP contribution in [-0.4, -0.2) is 63.6 Å². The average Bonchev–Trinajstić information content (AvgIpc) is 3.44. The van der Waals surface area contributed by atoms with Crippen molar-refractivity contribution < 1.29 is 38.1 Å². The van der Waals surface area contributed by atoms with Gasteiger partial charge in [0.25, 0.3) is 0 Å². The van der Waals surface area contributed by atoms with Crippen LogP contribution in [0.25, 0.3) is 11.0 Å². The third kappa shape index (κ3) is 9.86. The predicted octanol–water partition coefficient (Wildman–Crippen LogP) is 5.53. The molecule has 0 spiro atoms. The summed E-state index contributed by atoms with van der Waals surface area (Å²) in [6, 6.07) is 17.8. The molecule has 3 aromatic heterocycles. The van der Waals surface area contributed by atoms with E-state index < -0.39 is 16.7 Å². The van der Waals surface area contributed by atoms with E-state index in [-0.39, 0.29) is 60.8 Å². The van der Waals surface area contributed by atoms with Crippen molar-refractivity contribution in [3.63, 3.8) is 0 Å². The third-order valence-corrected chi connectivity index (χ3v) is 7.87. The first kappa shape index (κ1) is 40.7. The lowest BCUT2D eigenvalue weighted by Crippen LogP contribution is -2.32. The smallest absolute Gasteiger partial charge is 0.414 e. The zero-order valence-corrected chi connectivity index (χ0v) is 29.0. The van der Waals surface area contributed by atoms with Gasteiger partial charge in [-0.1, -0.05) is 31.7 Å². The van der Waals surface area contributed by atoms with Crippen LogP contribution in [-0.2, 0) is 17.8 Å². The van der Waals surface area contributed by atoms with E-state index in [2.05, 4.69) is 15.0 Å². The number of H-pyrrole nitrogens is 1. The molecule has 18 heteroatoms. The number of pyridine rings is 2. The van der Waals surface area contributed by atoms with Crippen molar-refractivity contribution >= 4 is 40.1 Å². The second kappa shape index (κ2) is 18.6. The topological polar surface area (TPSA) is 225 Å². The second-order valence-electron chi connectivity index (χ2n) is 11.5. The van der Waals surface area contributed by atoms with Crippen LogP contribution in [0.3, 0.4) is 0 Å². The van der Waals surface area contributed by atoms with Gasteiger partial charge in [0.15, 0.2) is 5.82 Å². The molecule has 0 saturated carbocycles. The van der Waals surface area contributed by atoms with Gasteiger partial charge in [-0.15, -0.1) is 0 Å². The average molecular weight is 761 g/mol. The van der Waals surface area contributed by atoms with Crippen LogP contribution in [0.15, 0.2) is 89.8 Å². The highest BCUT2D eigenvalue weighted by atomic mass is 19.0. The van der Waals surface area contributed by atoms with Gasteiger partial charge in [0.2, 0.25) is 17.6 Å². The standard InChI is InChI=1S/C19H20N4O6.C17H16N4O3.CH4.FH/c1-2-27-19(24)22-12-13-6-5-7-14(10-13)28-8-3-4-9-29-16-11-15(22)17(23(25)26)18(20)21-16;18-16-15-13-9-14(19-16)24-7-2-1-6-23-12-5-3-4-11(8-12)10-21(13)17(22)20-15;;/h3-7,10-11H,2,8-9,12H2,1H3,(H2,20,21);1-5,8-9H,6-7,10H2,(H2,18,19)(H,20,22);1H4;1H/b4-3+;2-1+;;. The van der Waals surface area contributed by atoms with Gasteiger partial charge in [-0.3, -0.25) is 24.3 Å². The number of carbonyl (C=O) groups is 1. The Morgan fingerprint density at radius 2 is 1.40 bits per heavy atom. The zero-order valence-electron chi connectivity index (χ0n) is 29.0. The van der Waals surface area contributed by atoms with Crippen LogP contribution in [0, 0.1) is 10.1 Å². The van der Waals surface area contributed by atoms with Crippen molar-refractivity contribution in [3.05, 3.63) is 117 Å². The van der Waals surface area contributed by atoms with Gasteiger partial charge in [0.05, 0.1) is 30.1 Å². The summed E-state index contributed by atoms with van der Waals surface area (Å²) in [5, 5.41) is 11.6. The SMILES string of the molecule is C.CCOC(=O)N1Cc2cccc(c2)OC/C=C/COc2cc1c([N+](=O)[O-])c(N)n2.F.Nc1nc2cc3c1[nH]c(=O)n3Cc1cccc(c1)OC/C=C/CO2. The number of nitrogens with one attached hydrogen (secondary N) is 1. The highest BCUT2D eigenvalue weighted by Crippen LogP contribution is 2.37. The summed E-state index contributed by atoms with van der Waals surface area (Å²) in [6.45, 7) is 3.40. The molecule has 0 radical (unpaired) electrons. The van der Waals surface area contributed by atoms with Crippen LogP contribution >= 0.6 is 0 Å². The summed E-state index contributed by atoms with van der Waals surface area (Å²) < 4.78 is 29.1. The summed E-state index contributed by atoms with van der Waals surface area (Å²) in [6.07, 6.45) is 6.47. The lowest BCUT2D eigenvalue weighted by molar-refractivity contribution is -0.383. The normalized spacial score (nSPS) is 14.5. The van der Waals surface area contributed by atoms with Crippen LogP contribution < -0.4 is 41.0 Å². The van der Waals surface area contributed by atoms with Gasteiger partial charge in [-0.25, -0.2) is 9.59 Å². The number of nitrogens with zero attached hydrogens (tertiary/aromatic N) is 5. The minimum atomic E-state index is -0.759. The Bertz CT molecular complexity index is 2260. The molecule has 1 amide bonds. The minimum absolute atomic E-state index is 0.